The van der Waals surface area contributed by atoms with E-state index in [1.807, 2.05) is 0 Å². The van der Waals surface area contributed by atoms with Gasteiger partial charge in [-0.25, -0.2) is 0 Å². The lowest BCUT2D eigenvalue weighted by atomic mass is 9.62. The highest BCUT2D eigenvalue weighted by atomic mass is 79.9. The summed E-state index contributed by atoms with van der Waals surface area (Å²) in [5.74, 6) is 0. The Hall–Kier alpha value is -0.600. The Balaban J connectivity index is 1.97. The average molecular weight is 404 g/mol. The van der Waals surface area contributed by atoms with E-state index in [-0.39, 0.29) is 0 Å². The molecule has 5 rings (SSSR count). The Morgan fingerprint density at radius 3 is 1.67 bits per heavy atom. The van der Waals surface area contributed by atoms with E-state index in [2.05, 4.69) is 56.1 Å². The van der Waals surface area contributed by atoms with Crippen LogP contribution in [0.1, 0.15) is 47.9 Å². The average Bonchev–Trinajstić information content (AvgIpc) is 2.79. The summed E-state index contributed by atoms with van der Waals surface area (Å²) in [7, 11) is 0. The number of benzene rings is 2. The molecule has 0 fully saturated rings. The molecule has 1 spiro atoms. The maximum Gasteiger partial charge on any atom is 0.0221 e. The van der Waals surface area contributed by atoms with Crippen molar-refractivity contribution in [3.05, 3.63) is 55.5 Å². The van der Waals surface area contributed by atoms with Gasteiger partial charge in [-0.05, 0) is 84.0 Å². The zero-order chi connectivity index (χ0) is 14.2. The van der Waals surface area contributed by atoms with E-state index >= 15 is 0 Å². The van der Waals surface area contributed by atoms with Gasteiger partial charge in [-0.1, -0.05) is 44.0 Å². The number of halogens is 2. The number of fused-ring (bicyclic) bond motifs is 1. The molecule has 2 heteroatoms. The van der Waals surface area contributed by atoms with Gasteiger partial charge in [-0.3, -0.25) is 0 Å². The quantitative estimate of drug-likeness (QED) is 0.494. The van der Waals surface area contributed by atoms with Gasteiger partial charge >= 0.3 is 0 Å². The van der Waals surface area contributed by atoms with Crippen LogP contribution in [0.5, 0.6) is 0 Å². The van der Waals surface area contributed by atoms with E-state index in [9.17, 15) is 0 Å². The highest BCUT2D eigenvalue weighted by Crippen LogP contribution is 2.61. The first-order valence-corrected chi connectivity index (χ1v) is 9.45. The molecule has 3 aliphatic rings. The van der Waals surface area contributed by atoms with E-state index in [4.69, 9.17) is 0 Å². The SMILES string of the molecule is Brc1ccc2c3c1CCCC31CCCc3c(Br)ccc-2c31. The summed E-state index contributed by atoms with van der Waals surface area (Å²) in [6.45, 7) is 0. The minimum atomic E-state index is 0.319. The molecule has 21 heavy (non-hydrogen) atoms. The van der Waals surface area contributed by atoms with Crippen LogP contribution in [0.25, 0.3) is 11.1 Å². The van der Waals surface area contributed by atoms with Crippen molar-refractivity contribution in [1.82, 2.24) is 0 Å². The molecule has 0 atom stereocenters. The first kappa shape index (κ1) is 12.9. The molecule has 0 amide bonds. The van der Waals surface area contributed by atoms with E-state index in [1.54, 1.807) is 22.3 Å². The molecule has 0 heterocycles. The Morgan fingerprint density at radius 1 is 0.714 bits per heavy atom. The molecule has 0 unspecified atom stereocenters. The van der Waals surface area contributed by atoms with Gasteiger partial charge in [0.05, 0.1) is 0 Å². The molecule has 0 aliphatic heterocycles. The second-order valence-electron chi connectivity index (χ2n) is 6.69. The van der Waals surface area contributed by atoms with Gasteiger partial charge in [0.25, 0.3) is 0 Å². The molecular weight excluding hydrogens is 388 g/mol. The number of hydrogen-bond donors (Lipinski definition) is 0. The first-order valence-electron chi connectivity index (χ1n) is 7.86. The maximum atomic E-state index is 3.81. The highest BCUT2D eigenvalue weighted by molar-refractivity contribution is 9.10. The van der Waals surface area contributed by atoms with Crippen molar-refractivity contribution in [2.24, 2.45) is 0 Å². The van der Waals surface area contributed by atoms with Crippen LogP contribution in [-0.2, 0) is 18.3 Å². The second kappa shape index (κ2) is 4.23. The molecule has 0 radical (unpaired) electrons. The van der Waals surface area contributed by atoms with E-state index in [0.29, 0.717) is 5.41 Å². The number of hydrogen-bond acceptors (Lipinski definition) is 0. The zero-order valence-corrected chi connectivity index (χ0v) is 15.0. The van der Waals surface area contributed by atoms with Gasteiger partial charge in [0.1, 0.15) is 0 Å². The van der Waals surface area contributed by atoms with Crippen molar-refractivity contribution < 1.29 is 0 Å². The highest BCUT2D eigenvalue weighted by Gasteiger charge is 2.49. The topological polar surface area (TPSA) is 0 Å². The van der Waals surface area contributed by atoms with E-state index < -0.39 is 0 Å². The predicted octanol–water partition coefficient (Wildman–Crippen LogP) is 6.15. The van der Waals surface area contributed by atoms with E-state index in [1.165, 1.54) is 58.6 Å². The van der Waals surface area contributed by atoms with Crippen molar-refractivity contribution in [1.29, 1.82) is 0 Å². The van der Waals surface area contributed by atoms with Crippen LogP contribution in [0.3, 0.4) is 0 Å². The summed E-state index contributed by atoms with van der Waals surface area (Å²) in [4.78, 5) is 0. The molecule has 0 bridgehead atoms. The van der Waals surface area contributed by atoms with Crippen LogP contribution >= 0.6 is 31.9 Å². The molecule has 0 nitrogen and oxygen atoms in total. The molecule has 0 saturated carbocycles. The van der Waals surface area contributed by atoms with Crippen LogP contribution < -0.4 is 0 Å². The molecule has 0 aromatic heterocycles. The monoisotopic (exact) mass is 402 g/mol. The Labute approximate surface area is 142 Å². The van der Waals surface area contributed by atoms with Crippen LogP contribution in [0.2, 0.25) is 0 Å². The maximum absolute atomic E-state index is 3.81. The lowest BCUT2D eigenvalue weighted by Gasteiger charge is -2.41. The van der Waals surface area contributed by atoms with Crippen LogP contribution in [0, 0.1) is 0 Å². The van der Waals surface area contributed by atoms with Gasteiger partial charge in [-0.2, -0.15) is 0 Å². The predicted molar refractivity (Wildman–Crippen MR) is 93.9 cm³/mol. The van der Waals surface area contributed by atoms with Gasteiger partial charge in [0, 0.05) is 14.4 Å². The molecule has 2 aromatic rings. The third-order valence-electron chi connectivity index (χ3n) is 5.82. The third-order valence-corrected chi connectivity index (χ3v) is 7.31. The summed E-state index contributed by atoms with van der Waals surface area (Å²) in [5, 5.41) is 0. The standard InChI is InChI=1S/C19H16Br2/c20-15-7-5-11-12-6-8-16(21)14-4-2-10-19(18(12)14)9-1-3-13(15)17(11)19/h5-8H,1-4,9-10H2. The molecule has 0 N–H and O–H groups in total. The molecule has 0 saturated heterocycles. The minimum Gasteiger partial charge on any atom is -0.0529 e. The Morgan fingerprint density at radius 2 is 1.19 bits per heavy atom. The summed E-state index contributed by atoms with van der Waals surface area (Å²) in [6.07, 6.45) is 7.77. The van der Waals surface area contributed by atoms with Crippen molar-refractivity contribution in [2.75, 3.05) is 0 Å². The molecule has 3 aliphatic carbocycles. The first-order chi connectivity index (χ1) is 10.2. The van der Waals surface area contributed by atoms with Gasteiger partial charge in [0.15, 0.2) is 0 Å². The molecule has 106 valence electrons. The summed E-state index contributed by atoms with van der Waals surface area (Å²) >= 11 is 7.62. The van der Waals surface area contributed by atoms with E-state index in [0.717, 1.165) is 0 Å². The summed E-state index contributed by atoms with van der Waals surface area (Å²) in [5.41, 5.74) is 9.84. The van der Waals surface area contributed by atoms with Crippen LogP contribution in [0.4, 0.5) is 0 Å². The largest absolute Gasteiger partial charge is 0.0529 e. The van der Waals surface area contributed by atoms with Crippen molar-refractivity contribution in [2.45, 2.75) is 43.9 Å². The van der Waals surface area contributed by atoms with Crippen molar-refractivity contribution in [3.8, 4) is 11.1 Å². The van der Waals surface area contributed by atoms with Gasteiger partial charge < -0.3 is 0 Å². The minimum absolute atomic E-state index is 0.319. The lowest BCUT2D eigenvalue weighted by molar-refractivity contribution is 0.376. The van der Waals surface area contributed by atoms with Crippen LogP contribution in [0.15, 0.2) is 33.2 Å². The van der Waals surface area contributed by atoms with Crippen molar-refractivity contribution in [3.63, 3.8) is 0 Å². The third kappa shape index (κ3) is 1.46. The normalized spacial score (nSPS) is 20.1. The fraction of sp³-hybridized carbons (Fsp3) is 0.368. The van der Waals surface area contributed by atoms with Gasteiger partial charge in [-0.15, -0.1) is 0 Å². The second-order valence-corrected chi connectivity index (χ2v) is 8.39. The number of rotatable bonds is 0. The Bertz CT molecular complexity index is 721. The smallest absolute Gasteiger partial charge is 0.0221 e. The molecule has 2 aromatic carbocycles. The Kier molecular flexibility index (Phi) is 2.60. The zero-order valence-electron chi connectivity index (χ0n) is 11.8. The lowest BCUT2D eigenvalue weighted by Crippen LogP contribution is -2.33. The fourth-order valence-corrected chi connectivity index (χ4v) is 6.22. The summed E-state index contributed by atoms with van der Waals surface area (Å²) in [6, 6.07) is 9.22. The van der Waals surface area contributed by atoms with Crippen LogP contribution in [-0.4, -0.2) is 0 Å². The molecular formula is C19H16Br2. The fourth-order valence-electron chi connectivity index (χ4n) is 5.16. The van der Waals surface area contributed by atoms with Gasteiger partial charge in [0.2, 0.25) is 0 Å². The van der Waals surface area contributed by atoms with Crippen molar-refractivity contribution >= 4 is 31.9 Å². The summed E-state index contributed by atoms with van der Waals surface area (Å²) < 4.78 is 2.64.